The van der Waals surface area contributed by atoms with Crippen molar-refractivity contribution >= 4 is 29.4 Å². The molecule has 29 heavy (non-hydrogen) atoms. The van der Waals surface area contributed by atoms with E-state index in [0.717, 1.165) is 47.7 Å². The zero-order valence-corrected chi connectivity index (χ0v) is 18.0. The van der Waals surface area contributed by atoms with Crippen molar-refractivity contribution in [2.45, 2.75) is 57.6 Å². The highest BCUT2D eigenvalue weighted by Crippen LogP contribution is 2.38. The quantitative estimate of drug-likeness (QED) is 0.750. The molecule has 0 spiro atoms. The number of nitrogens with zero attached hydrogens (tertiary/aromatic N) is 2. The van der Waals surface area contributed by atoms with Crippen molar-refractivity contribution in [3.05, 3.63) is 41.6 Å². The Morgan fingerprint density at radius 3 is 2.62 bits per heavy atom. The van der Waals surface area contributed by atoms with Gasteiger partial charge in [0.2, 0.25) is 0 Å². The van der Waals surface area contributed by atoms with E-state index in [0.29, 0.717) is 11.7 Å². The number of carbonyl (C=O) groups excluding carboxylic acids is 2. The molecule has 2 aromatic rings. The summed E-state index contributed by atoms with van der Waals surface area (Å²) in [6, 6.07) is 9.72. The number of rotatable bonds is 3. The minimum atomic E-state index is -0.627. The average Bonchev–Trinajstić information content (AvgIpc) is 3.23. The molecular weight excluding hydrogens is 384 g/mol. The van der Waals surface area contributed by atoms with E-state index >= 15 is 0 Å². The molecule has 2 atom stereocenters. The Labute approximate surface area is 175 Å². The molecule has 7 heteroatoms. The molecule has 2 aliphatic rings. The number of nitrogens with one attached hydrogen (secondary N) is 2. The Morgan fingerprint density at radius 2 is 1.90 bits per heavy atom. The predicted molar refractivity (Wildman–Crippen MR) is 116 cm³/mol. The average molecular weight is 413 g/mol. The van der Waals surface area contributed by atoms with Crippen LogP contribution >= 0.6 is 11.8 Å². The Balaban J connectivity index is 1.51. The molecule has 0 radical (unpaired) electrons. The topological polar surface area (TPSA) is 76.0 Å². The zero-order valence-electron chi connectivity index (χ0n) is 17.2. The maximum Gasteiger partial charge on any atom is 0.314 e. The molecule has 1 aromatic heterocycles. The molecule has 6 nitrogen and oxygen atoms in total. The Kier molecular flexibility index (Phi) is 5.42. The van der Waals surface area contributed by atoms with Gasteiger partial charge in [-0.1, -0.05) is 39.0 Å². The highest BCUT2D eigenvalue weighted by Gasteiger charge is 2.34. The predicted octanol–water partition coefficient (Wildman–Crippen LogP) is 3.89. The Morgan fingerprint density at radius 1 is 1.14 bits per heavy atom. The van der Waals surface area contributed by atoms with Crippen LogP contribution in [0.5, 0.6) is 0 Å². The first-order chi connectivity index (χ1) is 13.8. The molecule has 1 saturated carbocycles. The second kappa shape index (κ2) is 7.86. The summed E-state index contributed by atoms with van der Waals surface area (Å²) in [4.78, 5) is 25.4. The number of benzene rings is 1. The van der Waals surface area contributed by atoms with Crippen molar-refractivity contribution in [2.75, 3.05) is 5.32 Å². The molecule has 2 amide bonds. The lowest BCUT2D eigenvalue weighted by Crippen LogP contribution is -2.46. The van der Waals surface area contributed by atoms with Crippen LogP contribution in [-0.4, -0.2) is 27.6 Å². The van der Waals surface area contributed by atoms with Crippen LogP contribution in [0, 0.1) is 11.3 Å². The zero-order chi connectivity index (χ0) is 20.6. The largest absolute Gasteiger partial charge is 0.345 e. The van der Waals surface area contributed by atoms with E-state index in [1.807, 2.05) is 30.3 Å². The first-order valence-electron chi connectivity index (χ1n) is 10.2. The SMILES string of the molecule is C[C@H]1C[C@@H](NC(=O)C(=O)Nc2c3c(nn2-c2ccccc2)CSC3)CC(C)(C)C1. The number of amides is 2. The molecular formula is C22H28N4O2S. The van der Waals surface area contributed by atoms with E-state index in [4.69, 9.17) is 0 Å². The summed E-state index contributed by atoms with van der Waals surface area (Å²) in [5, 5.41) is 10.5. The van der Waals surface area contributed by atoms with Gasteiger partial charge < -0.3 is 10.6 Å². The van der Waals surface area contributed by atoms with Gasteiger partial charge in [0.05, 0.1) is 11.4 Å². The number of carbonyl (C=O) groups is 2. The van der Waals surface area contributed by atoms with Crippen LogP contribution in [-0.2, 0) is 21.1 Å². The number of anilines is 1. The Bertz CT molecular complexity index is 922. The number of aromatic nitrogens is 2. The van der Waals surface area contributed by atoms with Gasteiger partial charge in [-0.2, -0.15) is 16.9 Å². The highest BCUT2D eigenvalue weighted by molar-refractivity contribution is 7.98. The van der Waals surface area contributed by atoms with Crippen molar-refractivity contribution in [3.63, 3.8) is 0 Å². The molecule has 4 rings (SSSR count). The third-order valence-corrected chi connectivity index (χ3v) is 6.68. The molecule has 154 valence electrons. The summed E-state index contributed by atoms with van der Waals surface area (Å²) in [5.74, 6) is 1.55. The number of hydrogen-bond acceptors (Lipinski definition) is 4. The third kappa shape index (κ3) is 4.34. The Hall–Kier alpha value is -2.28. The number of hydrogen-bond donors (Lipinski definition) is 2. The normalized spacial score (nSPS) is 22.7. The van der Waals surface area contributed by atoms with Gasteiger partial charge in [0.25, 0.3) is 0 Å². The van der Waals surface area contributed by atoms with Crippen LogP contribution in [0.4, 0.5) is 5.82 Å². The van der Waals surface area contributed by atoms with Crippen molar-refractivity contribution in [3.8, 4) is 5.69 Å². The fourth-order valence-corrected chi connectivity index (χ4v) is 5.80. The fourth-order valence-electron chi connectivity index (χ4n) is 4.77. The van der Waals surface area contributed by atoms with Crippen LogP contribution in [0.25, 0.3) is 5.69 Å². The maximum absolute atomic E-state index is 12.7. The van der Waals surface area contributed by atoms with E-state index in [2.05, 4.69) is 36.5 Å². The molecule has 1 aromatic carbocycles. The molecule has 2 heterocycles. The van der Waals surface area contributed by atoms with E-state index in [1.165, 1.54) is 0 Å². The van der Waals surface area contributed by atoms with Gasteiger partial charge in [-0.25, -0.2) is 4.68 Å². The van der Waals surface area contributed by atoms with Crippen molar-refractivity contribution in [1.82, 2.24) is 15.1 Å². The summed E-state index contributed by atoms with van der Waals surface area (Å²) in [6.07, 6.45) is 2.95. The van der Waals surface area contributed by atoms with Crippen LogP contribution in [0.15, 0.2) is 30.3 Å². The molecule has 0 unspecified atom stereocenters. The lowest BCUT2D eigenvalue weighted by molar-refractivity contribution is -0.137. The fraction of sp³-hybridized carbons (Fsp3) is 0.500. The van der Waals surface area contributed by atoms with Gasteiger partial charge in [0.1, 0.15) is 5.82 Å². The van der Waals surface area contributed by atoms with E-state index in [1.54, 1.807) is 16.4 Å². The number of para-hydroxylation sites is 1. The summed E-state index contributed by atoms with van der Waals surface area (Å²) in [5.41, 5.74) is 3.02. The number of thioether (sulfide) groups is 1. The van der Waals surface area contributed by atoms with Crippen LogP contribution < -0.4 is 10.6 Å². The number of fused-ring (bicyclic) bond motifs is 1. The first kappa shape index (κ1) is 20.0. The van der Waals surface area contributed by atoms with Gasteiger partial charge in [-0.3, -0.25) is 9.59 Å². The monoisotopic (exact) mass is 412 g/mol. The van der Waals surface area contributed by atoms with Crippen LogP contribution in [0.1, 0.15) is 51.3 Å². The first-order valence-corrected chi connectivity index (χ1v) is 11.3. The summed E-state index contributed by atoms with van der Waals surface area (Å²) in [7, 11) is 0. The van der Waals surface area contributed by atoms with Crippen LogP contribution in [0.3, 0.4) is 0 Å². The standard InChI is InChI=1S/C22H28N4O2S/c1-14-9-15(11-22(2,3)10-14)23-20(27)21(28)24-19-17-12-29-13-18(17)25-26(19)16-7-5-4-6-8-16/h4-8,14-15H,9-13H2,1-3H3,(H,23,27)(H,24,28)/t14-,15+/m0/s1. The van der Waals surface area contributed by atoms with Crippen molar-refractivity contribution in [2.24, 2.45) is 11.3 Å². The minimum absolute atomic E-state index is 0.0345. The van der Waals surface area contributed by atoms with Gasteiger partial charge in [0, 0.05) is 23.1 Å². The molecule has 1 fully saturated rings. The van der Waals surface area contributed by atoms with E-state index in [-0.39, 0.29) is 11.5 Å². The molecule has 0 saturated heterocycles. The smallest absolute Gasteiger partial charge is 0.314 e. The van der Waals surface area contributed by atoms with Crippen molar-refractivity contribution in [1.29, 1.82) is 0 Å². The highest BCUT2D eigenvalue weighted by atomic mass is 32.2. The second-order valence-electron chi connectivity index (χ2n) is 9.05. The van der Waals surface area contributed by atoms with Gasteiger partial charge in [0.15, 0.2) is 0 Å². The molecule has 1 aliphatic heterocycles. The van der Waals surface area contributed by atoms with Crippen molar-refractivity contribution < 1.29 is 9.59 Å². The summed E-state index contributed by atoms with van der Waals surface area (Å²) < 4.78 is 1.74. The third-order valence-electron chi connectivity index (χ3n) is 5.71. The molecule has 2 N–H and O–H groups in total. The minimum Gasteiger partial charge on any atom is -0.345 e. The van der Waals surface area contributed by atoms with E-state index in [9.17, 15) is 9.59 Å². The van der Waals surface area contributed by atoms with E-state index < -0.39 is 11.8 Å². The van der Waals surface area contributed by atoms with Gasteiger partial charge >= 0.3 is 11.8 Å². The lowest BCUT2D eigenvalue weighted by atomic mass is 9.70. The van der Waals surface area contributed by atoms with Gasteiger partial charge in [-0.15, -0.1) is 0 Å². The summed E-state index contributed by atoms with van der Waals surface area (Å²) >= 11 is 1.76. The molecule has 1 aliphatic carbocycles. The second-order valence-corrected chi connectivity index (χ2v) is 10.0. The van der Waals surface area contributed by atoms with Crippen LogP contribution in [0.2, 0.25) is 0 Å². The van der Waals surface area contributed by atoms with Gasteiger partial charge in [-0.05, 0) is 42.7 Å². The summed E-state index contributed by atoms with van der Waals surface area (Å²) in [6.45, 7) is 6.65. The molecule has 0 bridgehead atoms. The lowest BCUT2D eigenvalue weighted by Gasteiger charge is -2.39. The maximum atomic E-state index is 12.7.